The van der Waals surface area contributed by atoms with Gasteiger partial charge in [0.15, 0.2) is 0 Å². The predicted octanol–water partition coefficient (Wildman–Crippen LogP) is 4.21. The van der Waals surface area contributed by atoms with Gasteiger partial charge in [-0.15, -0.1) is 0 Å². The van der Waals surface area contributed by atoms with E-state index in [4.69, 9.17) is 9.47 Å². The molecule has 1 unspecified atom stereocenters. The number of Topliss-reactive ketones (excluding diaryl/α,β-unsaturated/α-hetero) is 1. The summed E-state index contributed by atoms with van der Waals surface area (Å²) in [6, 6.07) is 17.2. The van der Waals surface area contributed by atoms with Gasteiger partial charge >= 0.3 is 0 Å². The van der Waals surface area contributed by atoms with E-state index in [9.17, 15) is 14.7 Å². The van der Waals surface area contributed by atoms with Crippen LogP contribution in [0.15, 0.2) is 84.8 Å². The Labute approximate surface area is 219 Å². The standard InChI is InChI=1S/C29H26N4O5/c1-18-23(16-31-33(18)20-9-5-4-6-10-20)27(34)25-26(22-14-21(37-2)11-12-24(22)38-3)32(29(36)28(25)35)17-19-8-7-13-30-15-19/h4-16,26,34H,17H2,1-3H3. The maximum absolute atomic E-state index is 13.5. The molecule has 9 nitrogen and oxygen atoms in total. The van der Waals surface area contributed by atoms with Crippen LogP contribution in [0, 0.1) is 6.92 Å². The topological polar surface area (TPSA) is 107 Å². The van der Waals surface area contributed by atoms with Crippen LogP contribution in [-0.4, -0.2) is 50.7 Å². The molecule has 1 aliphatic heterocycles. The molecule has 0 spiro atoms. The van der Waals surface area contributed by atoms with Crippen LogP contribution in [0.3, 0.4) is 0 Å². The minimum absolute atomic E-state index is 0.0545. The molecule has 1 atom stereocenters. The van der Waals surface area contributed by atoms with Crippen molar-refractivity contribution in [2.45, 2.75) is 19.5 Å². The molecule has 0 saturated carbocycles. The fraction of sp³-hybridized carbons (Fsp3) is 0.172. The number of amides is 1. The highest BCUT2D eigenvalue weighted by atomic mass is 16.5. The van der Waals surface area contributed by atoms with Gasteiger partial charge in [0, 0.05) is 24.5 Å². The summed E-state index contributed by atoms with van der Waals surface area (Å²) in [5.41, 5.74) is 2.94. The molecule has 1 N–H and O–H groups in total. The molecule has 2 aromatic carbocycles. The van der Waals surface area contributed by atoms with Crippen LogP contribution < -0.4 is 9.47 Å². The quantitative estimate of drug-likeness (QED) is 0.225. The minimum atomic E-state index is -0.945. The number of aliphatic hydroxyl groups is 1. The smallest absolute Gasteiger partial charge is 0.295 e. The van der Waals surface area contributed by atoms with Gasteiger partial charge in [-0.2, -0.15) is 5.10 Å². The molecule has 3 heterocycles. The van der Waals surface area contributed by atoms with E-state index >= 15 is 0 Å². The first kappa shape index (κ1) is 24.8. The third-order valence-corrected chi connectivity index (χ3v) is 6.61. The fourth-order valence-corrected chi connectivity index (χ4v) is 4.72. The summed E-state index contributed by atoms with van der Waals surface area (Å²) in [5.74, 6) is -0.893. The summed E-state index contributed by atoms with van der Waals surface area (Å²) in [5, 5.41) is 16.0. The van der Waals surface area contributed by atoms with Crippen LogP contribution in [-0.2, 0) is 16.1 Å². The van der Waals surface area contributed by atoms with E-state index in [-0.39, 0.29) is 17.9 Å². The lowest BCUT2D eigenvalue weighted by Gasteiger charge is -2.27. The van der Waals surface area contributed by atoms with Crippen LogP contribution in [0.1, 0.15) is 28.4 Å². The Kier molecular flexibility index (Phi) is 6.66. The lowest BCUT2D eigenvalue weighted by atomic mass is 9.94. The molecule has 38 heavy (non-hydrogen) atoms. The second kappa shape index (κ2) is 10.2. The van der Waals surface area contributed by atoms with Crippen molar-refractivity contribution >= 4 is 17.4 Å². The number of methoxy groups -OCH3 is 2. The van der Waals surface area contributed by atoms with Gasteiger partial charge in [0.2, 0.25) is 0 Å². The third-order valence-electron chi connectivity index (χ3n) is 6.61. The van der Waals surface area contributed by atoms with Crippen molar-refractivity contribution in [1.82, 2.24) is 19.7 Å². The summed E-state index contributed by atoms with van der Waals surface area (Å²) in [6.45, 7) is 1.89. The SMILES string of the molecule is COc1ccc(OC)c(C2C(=C(O)c3cnn(-c4ccccc4)c3C)C(=O)C(=O)N2Cc2cccnc2)c1. The fourth-order valence-electron chi connectivity index (χ4n) is 4.72. The Morgan fingerprint density at radius 3 is 2.47 bits per heavy atom. The van der Waals surface area contributed by atoms with E-state index in [1.54, 1.807) is 48.3 Å². The number of benzene rings is 2. The van der Waals surface area contributed by atoms with Crippen molar-refractivity contribution in [2.75, 3.05) is 14.2 Å². The largest absolute Gasteiger partial charge is 0.507 e. The summed E-state index contributed by atoms with van der Waals surface area (Å²) in [7, 11) is 3.03. The van der Waals surface area contributed by atoms with E-state index in [2.05, 4.69) is 10.1 Å². The van der Waals surface area contributed by atoms with Gasteiger partial charge in [0.1, 0.15) is 17.3 Å². The number of hydrogen-bond acceptors (Lipinski definition) is 7. The molecule has 9 heteroatoms. The second-order valence-corrected chi connectivity index (χ2v) is 8.79. The molecule has 1 amide bonds. The number of ketones is 1. The van der Waals surface area contributed by atoms with Gasteiger partial charge in [-0.1, -0.05) is 24.3 Å². The Balaban J connectivity index is 1.70. The molecule has 0 aliphatic carbocycles. The zero-order valence-electron chi connectivity index (χ0n) is 21.2. The number of likely N-dealkylation sites (tertiary alicyclic amines) is 1. The van der Waals surface area contributed by atoms with Gasteiger partial charge in [-0.3, -0.25) is 14.6 Å². The number of nitrogens with zero attached hydrogens (tertiary/aromatic N) is 4. The highest BCUT2D eigenvalue weighted by molar-refractivity contribution is 6.46. The van der Waals surface area contributed by atoms with Crippen LogP contribution >= 0.6 is 0 Å². The molecular formula is C29H26N4O5. The zero-order chi connectivity index (χ0) is 26.8. The first-order valence-electron chi connectivity index (χ1n) is 11.9. The summed E-state index contributed by atoms with van der Waals surface area (Å²) in [6.07, 6.45) is 4.76. The number of rotatable bonds is 7. The average Bonchev–Trinajstić information content (AvgIpc) is 3.46. The highest BCUT2D eigenvalue weighted by Crippen LogP contribution is 2.44. The van der Waals surface area contributed by atoms with Gasteiger partial charge in [-0.25, -0.2) is 4.68 Å². The number of aliphatic hydroxyl groups excluding tert-OH is 1. The van der Waals surface area contributed by atoms with Gasteiger partial charge in [0.05, 0.1) is 49.0 Å². The molecule has 192 valence electrons. The van der Waals surface area contributed by atoms with Crippen molar-refractivity contribution in [3.05, 3.63) is 107 Å². The van der Waals surface area contributed by atoms with E-state index in [0.29, 0.717) is 28.3 Å². The summed E-state index contributed by atoms with van der Waals surface area (Å²) >= 11 is 0. The first-order chi connectivity index (χ1) is 18.4. The van der Waals surface area contributed by atoms with E-state index in [1.165, 1.54) is 25.3 Å². The van der Waals surface area contributed by atoms with Gasteiger partial charge in [-0.05, 0) is 48.9 Å². The van der Waals surface area contributed by atoms with Crippen LogP contribution in [0.5, 0.6) is 11.5 Å². The molecule has 1 saturated heterocycles. The van der Waals surface area contributed by atoms with E-state index in [0.717, 1.165) is 11.3 Å². The Morgan fingerprint density at radius 2 is 1.79 bits per heavy atom. The Bertz CT molecular complexity index is 1530. The van der Waals surface area contributed by atoms with Crippen LogP contribution in [0.4, 0.5) is 0 Å². The van der Waals surface area contributed by atoms with E-state index < -0.39 is 17.7 Å². The average molecular weight is 511 g/mol. The number of carbonyl (C=O) groups is 2. The number of aromatic nitrogens is 3. The summed E-state index contributed by atoms with van der Waals surface area (Å²) in [4.78, 5) is 32.5. The molecule has 2 aromatic heterocycles. The maximum Gasteiger partial charge on any atom is 0.295 e. The van der Waals surface area contributed by atoms with Crippen molar-refractivity contribution < 1.29 is 24.2 Å². The van der Waals surface area contributed by atoms with Crippen molar-refractivity contribution in [3.63, 3.8) is 0 Å². The lowest BCUT2D eigenvalue weighted by molar-refractivity contribution is -0.140. The van der Waals surface area contributed by atoms with Crippen molar-refractivity contribution in [1.29, 1.82) is 0 Å². The monoisotopic (exact) mass is 510 g/mol. The number of hydrogen-bond donors (Lipinski definition) is 1. The minimum Gasteiger partial charge on any atom is -0.507 e. The number of para-hydroxylation sites is 1. The number of pyridine rings is 1. The second-order valence-electron chi connectivity index (χ2n) is 8.79. The Morgan fingerprint density at radius 1 is 1.00 bits per heavy atom. The molecule has 1 fully saturated rings. The summed E-state index contributed by atoms with van der Waals surface area (Å²) < 4.78 is 12.7. The molecule has 1 aliphatic rings. The molecule has 5 rings (SSSR count). The highest BCUT2D eigenvalue weighted by Gasteiger charge is 2.47. The van der Waals surface area contributed by atoms with Crippen molar-refractivity contribution in [3.8, 4) is 17.2 Å². The Hall–Kier alpha value is -4.92. The normalized spacial score (nSPS) is 16.6. The van der Waals surface area contributed by atoms with E-state index in [1.807, 2.05) is 36.4 Å². The number of ether oxygens (including phenoxy) is 2. The molecular weight excluding hydrogens is 484 g/mol. The zero-order valence-corrected chi connectivity index (χ0v) is 21.2. The van der Waals surface area contributed by atoms with Gasteiger partial charge < -0.3 is 19.5 Å². The molecule has 0 bridgehead atoms. The number of carbonyl (C=O) groups excluding carboxylic acids is 2. The molecule has 4 aromatic rings. The van der Waals surface area contributed by atoms with Gasteiger partial charge in [0.25, 0.3) is 11.7 Å². The predicted molar refractivity (Wildman–Crippen MR) is 140 cm³/mol. The van der Waals surface area contributed by atoms with Crippen molar-refractivity contribution in [2.24, 2.45) is 0 Å². The maximum atomic E-state index is 13.5. The third kappa shape index (κ3) is 4.28. The van der Waals surface area contributed by atoms with Crippen LogP contribution in [0.25, 0.3) is 11.4 Å². The van der Waals surface area contributed by atoms with Crippen LogP contribution in [0.2, 0.25) is 0 Å². The first-order valence-corrected chi connectivity index (χ1v) is 11.9. The lowest BCUT2D eigenvalue weighted by Crippen LogP contribution is -2.29. The molecule has 0 radical (unpaired) electrons.